The van der Waals surface area contributed by atoms with Gasteiger partial charge in [-0.3, -0.25) is 4.79 Å². The molecule has 2 fully saturated rings. The van der Waals surface area contributed by atoms with Gasteiger partial charge >= 0.3 is 0 Å². The van der Waals surface area contributed by atoms with Crippen LogP contribution in [0.2, 0.25) is 0 Å². The minimum absolute atomic E-state index is 0.247. The van der Waals surface area contributed by atoms with E-state index in [0.717, 1.165) is 44.9 Å². The van der Waals surface area contributed by atoms with Crippen molar-refractivity contribution < 1.29 is 64.6 Å². The Balaban J connectivity index is 1.58. The SMILES string of the molecule is CCCCCCCCCC/C=C\CCCCCCCCCCCCCCCCCCCCCCCCCCCCCC(=O)NC(COC1OC(CO)C(OC2OC(CO)C(O)C(O)C2O)C(O)C1O)C(O)/C=C/CC/C=C/CC/C=C/CCCCCCCCCCC. The molecule has 2 aliphatic rings. The molecular formula is C78H145NO13. The molecule has 0 radical (unpaired) electrons. The third kappa shape index (κ3) is 45.5. The van der Waals surface area contributed by atoms with Gasteiger partial charge in [0.1, 0.15) is 48.8 Å². The Morgan fingerprint density at radius 1 is 0.380 bits per heavy atom. The van der Waals surface area contributed by atoms with E-state index < -0.39 is 86.8 Å². The van der Waals surface area contributed by atoms with Crippen molar-refractivity contribution in [2.45, 2.75) is 421 Å². The van der Waals surface area contributed by atoms with Crippen LogP contribution in [0.5, 0.6) is 0 Å². The van der Waals surface area contributed by atoms with Crippen LogP contribution in [0.25, 0.3) is 0 Å². The van der Waals surface area contributed by atoms with Gasteiger partial charge in [-0.1, -0.05) is 319 Å². The van der Waals surface area contributed by atoms with Gasteiger partial charge in [-0.05, 0) is 70.6 Å². The van der Waals surface area contributed by atoms with Crippen molar-refractivity contribution in [3.8, 4) is 0 Å². The molecule has 2 aliphatic heterocycles. The molecule has 0 aromatic heterocycles. The van der Waals surface area contributed by atoms with Crippen molar-refractivity contribution >= 4 is 5.91 Å². The van der Waals surface area contributed by atoms with Crippen LogP contribution in [0.3, 0.4) is 0 Å². The lowest BCUT2D eigenvalue weighted by molar-refractivity contribution is -0.359. The molecule has 2 saturated heterocycles. The van der Waals surface area contributed by atoms with Gasteiger partial charge in [0, 0.05) is 6.42 Å². The van der Waals surface area contributed by atoms with Gasteiger partial charge in [-0.15, -0.1) is 0 Å². The average Bonchev–Trinajstić information content (AvgIpc) is 1.05. The third-order valence-electron chi connectivity index (χ3n) is 19.0. The highest BCUT2D eigenvalue weighted by molar-refractivity contribution is 5.76. The fourth-order valence-electron chi connectivity index (χ4n) is 12.8. The standard InChI is InChI=1S/C78H145NO13/c1-3-5-7-9-11-13-15-17-19-21-23-24-25-26-27-28-29-30-31-32-33-34-35-36-37-38-39-40-41-42-44-46-48-50-52-54-56-58-60-62-70(83)79-66(67(82)61-59-57-55-53-51-49-47-45-43-22-20-18-16-14-12-10-8-6-4-2)65-89-77-75(88)73(86)76(69(64-81)91-77)92-78-74(87)72(85)71(84)68(63-80)90-78/h21,23,43,45,51,53,59,61,66-69,71-78,80-82,84-88H,3-20,22,24-42,44,46-50,52,54-58,60,62-65H2,1-2H3,(H,79,83)/b23-21-,45-43+,53-51+,61-59+. The van der Waals surface area contributed by atoms with Gasteiger partial charge < -0.3 is 65.1 Å². The maximum absolute atomic E-state index is 13.3. The molecule has 0 aromatic rings. The number of allylic oxidation sites excluding steroid dienone is 7. The molecule has 9 N–H and O–H groups in total. The van der Waals surface area contributed by atoms with E-state index >= 15 is 0 Å². The van der Waals surface area contributed by atoms with Crippen molar-refractivity contribution in [3.05, 3.63) is 48.6 Å². The van der Waals surface area contributed by atoms with Crippen LogP contribution in [0.1, 0.15) is 348 Å². The molecule has 2 rings (SSSR count). The number of ether oxygens (including phenoxy) is 4. The van der Waals surface area contributed by atoms with Crippen molar-refractivity contribution in [1.82, 2.24) is 5.32 Å². The van der Waals surface area contributed by atoms with E-state index in [4.69, 9.17) is 18.9 Å². The summed E-state index contributed by atoms with van der Waals surface area (Å²) in [6.45, 7) is 2.81. The van der Waals surface area contributed by atoms with E-state index in [-0.39, 0.29) is 18.9 Å². The topological polar surface area (TPSA) is 228 Å². The number of hydrogen-bond donors (Lipinski definition) is 9. The fourth-order valence-corrected chi connectivity index (χ4v) is 12.8. The maximum atomic E-state index is 13.3. The van der Waals surface area contributed by atoms with E-state index in [1.807, 2.05) is 6.08 Å². The molecule has 12 atom stereocenters. The molecule has 0 aliphatic carbocycles. The molecule has 14 nitrogen and oxygen atoms in total. The van der Waals surface area contributed by atoms with E-state index in [0.29, 0.717) is 12.8 Å². The van der Waals surface area contributed by atoms with Crippen molar-refractivity contribution in [1.29, 1.82) is 0 Å². The van der Waals surface area contributed by atoms with Gasteiger partial charge in [-0.25, -0.2) is 0 Å². The predicted molar refractivity (Wildman–Crippen MR) is 378 cm³/mol. The lowest BCUT2D eigenvalue weighted by atomic mass is 9.97. The van der Waals surface area contributed by atoms with Crippen LogP contribution in [-0.4, -0.2) is 140 Å². The number of rotatable bonds is 65. The minimum Gasteiger partial charge on any atom is -0.394 e. The summed E-state index contributed by atoms with van der Waals surface area (Å²) in [4.78, 5) is 13.3. The summed E-state index contributed by atoms with van der Waals surface area (Å²) in [5, 5.41) is 87.4. The largest absolute Gasteiger partial charge is 0.394 e. The van der Waals surface area contributed by atoms with Gasteiger partial charge in [0.25, 0.3) is 0 Å². The number of hydrogen-bond acceptors (Lipinski definition) is 13. The van der Waals surface area contributed by atoms with Crippen molar-refractivity contribution in [2.75, 3.05) is 19.8 Å². The molecule has 540 valence electrons. The number of amides is 1. The summed E-state index contributed by atoms with van der Waals surface area (Å²) in [5.74, 6) is -0.247. The highest BCUT2D eigenvalue weighted by Gasteiger charge is 2.51. The van der Waals surface area contributed by atoms with Crippen molar-refractivity contribution in [3.63, 3.8) is 0 Å². The lowest BCUT2D eigenvalue weighted by Crippen LogP contribution is -2.65. The average molecular weight is 1310 g/mol. The van der Waals surface area contributed by atoms with E-state index in [1.165, 1.54) is 270 Å². The van der Waals surface area contributed by atoms with Crippen LogP contribution in [-0.2, 0) is 23.7 Å². The highest BCUT2D eigenvalue weighted by Crippen LogP contribution is 2.30. The Morgan fingerprint density at radius 2 is 0.696 bits per heavy atom. The van der Waals surface area contributed by atoms with E-state index in [1.54, 1.807) is 6.08 Å². The Hall–Kier alpha value is -2.05. The second-order valence-electron chi connectivity index (χ2n) is 27.5. The lowest BCUT2D eigenvalue weighted by Gasteiger charge is -2.46. The van der Waals surface area contributed by atoms with Crippen LogP contribution in [0.15, 0.2) is 48.6 Å². The first-order chi connectivity index (χ1) is 45.1. The van der Waals surface area contributed by atoms with Gasteiger partial charge in [-0.2, -0.15) is 0 Å². The zero-order valence-corrected chi connectivity index (χ0v) is 59.1. The van der Waals surface area contributed by atoms with Crippen LogP contribution in [0.4, 0.5) is 0 Å². The van der Waals surface area contributed by atoms with Crippen molar-refractivity contribution in [2.24, 2.45) is 0 Å². The molecule has 0 bridgehead atoms. The second-order valence-corrected chi connectivity index (χ2v) is 27.5. The smallest absolute Gasteiger partial charge is 0.220 e. The molecule has 92 heavy (non-hydrogen) atoms. The number of carbonyl (C=O) groups excluding carboxylic acids is 1. The first kappa shape index (κ1) is 86.0. The number of nitrogens with one attached hydrogen (secondary N) is 1. The Kier molecular flexibility index (Phi) is 58.4. The fraction of sp³-hybridized carbons (Fsp3) is 0.885. The maximum Gasteiger partial charge on any atom is 0.220 e. The second kappa shape index (κ2) is 62.5. The minimum atomic E-state index is -1.79. The van der Waals surface area contributed by atoms with Gasteiger partial charge in [0.05, 0.1) is 32.0 Å². The van der Waals surface area contributed by atoms with Crippen LogP contribution < -0.4 is 5.32 Å². The summed E-state index contributed by atoms with van der Waals surface area (Å²) in [6.07, 6.45) is 66.4. The Labute approximate surface area is 563 Å². The molecule has 1 amide bonds. The predicted octanol–water partition coefficient (Wildman–Crippen LogP) is 17.0. The molecule has 14 heteroatoms. The van der Waals surface area contributed by atoms with E-state index in [9.17, 15) is 45.6 Å². The first-order valence-corrected chi connectivity index (χ1v) is 38.9. The summed E-state index contributed by atoms with van der Waals surface area (Å²) in [6, 6.07) is -0.938. The molecule has 0 saturated carbocycles. The quantitative estimate of drug-likeness (QED) is 0.0204. The van der Waals surface area contributed by atoms with Crippen LogP contribution in [0, 0.1) is 0 Å². The first-order valence-electron chi connectivity index (χ1n) is 38.9. The summed E-state index contributed by atoms with van der Waals surface area (Å²) >= 11 is 0. The summed E-state index contributed by atoms with van der Waals surface area (Å²) in [7, 11) is 0. The summed E-state index contributed by atoms with van der Waals surface area (Å²) < 4.78 is 22.8. The zero-order chi connectivity index (χ0) is 66.6. The number of aliphatic hydroxyl groups excluding tert-OH is 8. The molecule has 2 heterocycles. The monoisotopic (exact) mass is 1300 g/mol. The molecular weight excluding hydrogens is 1160 g/mol. The Bertz CT molecular complexity index is 1730. The number of carbonyl (C=O) groups is 1. The van der Waals surface area contributed by atoms with Gasteiger partial charge in [0.2, 0.25) is 5.91 Å². The molecule has 0 aromatic carbocycles. The highest BCUT2D eigenvalue weighted by atomic mass is 16.7. The number of unbranched alkanes of at least 4 members (excludes halogenated alkanes) is 46. The molecule has 12 unspecified atom stereocenters. The number of aliphatic hydroxyl groups is 8. The molecule has 0 spiro atoms. The zero-order valence-electron chi connectivity index (χ0n) is 59.1. The van der Waals surface area contributed by atoms with Gasteiger partial charge in [0.15, 0.2) is 12.6 Å². The van der Waals surface area contributed by atoms with E-state index in [2.05, 4.69) is 55.6 Å². The Morgan fingerprint density at radius 3 is 1.07 bits per heavy atom. The summed E-state index contributed by atoms with van der Waals surface area (Å²) in [5.41, 5.74) is 0. The van der Waals surface area contributed by atoms with Crippen LogP contribution >= 0.6 is 0 Å². The third-order valence-corrected chi connectivity index (χ3v) is 19.0. The normalized spacial score (nSPS) is 22.9.